The van der Waals surface area contributed by atoms with E-state index in [1.807, 2.05) is 6.92 Å². The van der Waals surface area contributed by atoms with E-state index in [4.69, 9.17) is 0 Å². The molecule has 88 valence electrons. The highest BCUT2D eigenvalue weighted by molar-refractivity contribution is 5.74. The van der Waals surface area contributed by atoms with Crippen LogP contribution in [0.25, 0.3) is 0 Å². The molecule has 0 aliphatic heterocycles. The molecule has 0 radical (unpaired) electrons. The minimum absolute atomic E-state index is 0.418. The zero-order valence-corrected chi connectivity index (χ0v) is 10.1. The first-order valence-corrected chi connectivity index (χ1v) is 6.38. The molecule has 1 fully saturated rings. The summed E-state index contributed by atoms with van der Waals surface area (Å²) in [4.78, 5) is 11.4. The fraction of sp³-hybridized carbons (Fsp3) is 0.923. The number of carbonyl (C=O) groups is 1. The Bertz CT molecular complexity index is 209. The average Bonchev–Trinajstić information content (AvgIpc) is 3.02. The van der Waals surface area contributed by atoms with Gasteiger partial charge in [-0.2, -0.15) is 0 Å². The van der Waals surface area contributed by atoms with Crippen molar-refractivity contribution in [3.05, 3.63) is 0 Å². The van der Waals surface area contributed by atoms with E-state index in [1.165, 1.54) is 12.8 Å². The van der Waals surface area contributed by atoms with Crippen LogP contribution in [-0.4, -0.2) is 11.1 Å². The van der Waals surface area contributed by atoms with Gasteiger partial charge in [-0.15, -0.1) is 0 Å². The third-order valence-electron chi connectivity index (χ3n) is 3.87. The highest BCUT2D eigenvalue weighted by atomic mass is 16.4. The number of aliphatic carboxylic acids is 1. The number of rotatable bonds is 8. The molecule has 0 spiro atoms. The maximum atomic E-state index is 11.4. The third kappa shape index (κ3) is 3.51. The Kier molecular flexibility index (Phi) is 4.62. The predicted molar refractivity (Wildman–Crippen MR) is 61.8 cm³/mol. The van der Waals surface area contributed by atoms with Crippen LogP contribution < -0.4 is 0 Å². The predicted octanol–water partition coefficient (Wildman–Crippen LogP) is 3.85. The highest BCUT2D eigenvalue weighted by Gasteiger charge is 2.37. The summed E-state index contributed by atoms with van der Waals surface area (Å²) >= 11 is 0. The molecule has 0 saturated heterocycles. The fourth-order valence-electron chi connectivity index (χ4n) is 2.25. The summed E-state index contributed by atoms with van der Waals surface area (Å²) in [5.41, 5.74) is -0.418. The molecule has 1 N–H and O–H groups in total. The second-order valence-electron chi connectivity index (χ2n) is 5.02. The summed E-state index contributed by atoms with van der Waals surface area (Å²) in [7, 11) is 0. The van der Waals surface area contributed by atoms with Gasteiger partial charge in [0, 0.05) is 0 Å². The lowest BCUT2D eigenvalue weighted by Crippen LogP contribution is -2.30. The van der Waals surface area contributed by atoms with Crippen LogP contribution in [0.2, 0.25) is 0 Å². The van der Waals surface area contributed by atoms with Gasteiger partial charge in [-0.3, -0.25) is 4.79 Å². The highest BCUT2D eigenvalue weighted by Crippen LogP contribution is 2.41. The number of unbranched alkanes of at least 4 members (excludes halogenated alkanes) is 1. The van der Waals surface area contributed by atoms with Gasteiger partial charge >= 0.3 is 5.97 Å². The van der Waals surface area contributed by atoms with Crippen LogP contribution in [0.1, 0.15) is 65.2 Å². The molecule has 15 heavy (non-hydrogen) atoms. The zero-order chi connectivity index (χ0) is 11.3. The monoisotopic (exact) mass is 212 g/mol. The van der Waals surface area contributed by atoms with Gasteiger partial charge in [0.25, 0.3) is 0 Å². The van der Waals surface area contributed by atoms with Gasteiger partial charge in [0.1, 0.15) is 0 Å². The molecule has 0 aromatic rings. The minimum atomic E-state index is -0.570. The number of carboxylic acids is 1. The van der Waals surface area contributed by atoms with Crippen molar-refractivity contribution in [2.24, 2.45) is 11.3 Å². The Balaban J connectivity index is 2.49. The summed E-state index contributed by atoms with van der Waals surface area (Å²) < 4.78 is 0. The first-order chi connectivity index (χ1) is 7.14. The molecule has 2 heteroatoms. The molecule has 1 rings (SSSR count). The summed E-state index contributed by atoms with van der Waals surface area (Å²) in [6.07, 6.45) is 8.47. The van der Waals surface area contributed by atoms with Crippen molar-refractivity contribution >= 4 is 5.97 Å². The first-order valence-electron chi connectivity index (χ1n) is 6.38. The molecule has 1 aliphatic carbocycles. The Labute approximate surface area is 93.1 Å². The van der Waals surface area contributed by atoms with Crippen LogP contribution in [0.15, 0.2) is 0 Å². The zero-order valence-electron chi connectivity index (χ0n) is 10.1. The van der Waals surface area contributed by atoms with Crippen molar-refractivity contribution in [3.8, 4) is 0 Å². The van der Waals surface area contributed by atoms with E-state index < -0.39 is 11.4 Å². The van der Waals surface area contributed by atoms with Gasteiger partial charge in [-0.1, -0.05) is 39.5 Å². The first kappa shape index (κ1) is 12.5. The van der Waals surface area contributed by atoms with Gasteiger partial charge in [0.2, 0.25) is 0 Å². The van der Waals surface area contributed by atoms with E-state index in [-0.39, 0.29) is 0 Å². The molecule has 1 atom stereocenters. The van der Waals surface area contributed by atoms with Crippen molar-refractivity contribution in [3.63, 3.8) is 0 Å². The van der Waals surface area contributed by atoms with E-state index in [0.29, 0.717) is 0 Å². The SMILES string of the molecule is CCCCC(CC)(CCC1CC1)C(=O)O. The summed E-state index contributed by atoms with van der Waals surface area (Å²) in [6.45, 7) is 4.15. The van der Waals surface area contributed by atoms with Crippen LogP contribution in [0.4, 0.5) is 0 Å². The van der Waals surface area contributed by atoms with Crippen molar-refractivity contribution in [2.45, 2.75) is 65.2 Å². The molecule has 0 aromatic carbocycles. The van der Waals surface area contributed by atoms with E-state index in [9.17, 15) is 9.90 Å². The summed E-state index contributed by atoms with van der Waals surface area (Å²) in [5.74, 6) is 0.274. The van der Waals surface area contributed by atoms with Crippen molar-refractivity contribution in [2.75, 3.05) is 0 Å². The average molecular weight is 212 g/mol. The van der Waals surface area contributed by atoms with E-state index in [2.05, 4.69) is 6.92 Å². The van der Waals surface area contributed by atoms with Gasteiger partial charge in [-0.25, -0.2) is 0 Å². The number of hydrogen-bond acceptors (Lipinski definition) is 1. The van der Waals surface area contributed by atoms with Crippen molar-refractivity contribution in [1.29, 1.82) is 0 Å². The van der Waals surface area contributed by atoms with E-state index in [1.54, 1.807) is 0 Å². The van der Waals surface area contributed by atoms with Crippen LogP contribution in [0, 0.1) is 11.3 Å². The van der Waals surface area contributed by atoms with Gasteiger partial charge in [0.05, 0.1) is 5.41 Å². The van der Waals surface area contributed by atoms with Crippen LogP contribution in [-0.2, 0) is 4.79 Å². The van der Waals surface area contributed by atoms with Crippen LogP contribution in [0.3, 0.4) is 0 Å². The molecule has 0 heterocycles. The largest absolute Gasteiger partial charge is 0.481 e. The van der Waals surface area contributed by atoms with Crippen LogP contribution in [0.5, 0.6) is 0 Å². The maximum absolute atomic E-state index is 11.4. The van der Waals surface area contributed by atoms with Gasteiger partial charge in [0.15, 0.2) is 0 Å². The smallest absolute Gasteiger partial charge is 0.309 e. The molecule has 0 bridgehead atoms. The Morgan fingerprint density at radius 3 is 2.40 bits per heavy atom. The molecular formula is C13H24O2. The van der Waals surface area contributed by atoms with E-state index >= 15 is 0 Å². The normalized spacial score (nSPS) is 19.9. The Morgan fingerprint density at radius 2 is 2.00 bits per heavy atom. The second kappa shape index (κ2) is 5.53. The minimum Gasteiger partial charge on any atom is -0.481 e. The van der Waals surface area contributed by atoms with Crippen LogP contribution >= 0.6 is 0 Å². The van der Waals surface area contributed by atoms with Crippen molar-refractivity contribution < 1.29 is 9.90 Å². The van der Waals surface area contributed by atoms with Gasteiger partial charge < -0.3 is 5.11 Å². The third-order valence-corrected chi connectivity index (χ3v) is 3.87. The second-order valence-corrected chi connectivity index (χ2v) is 5.02. The molecule has 0 aromatic heterocycles. The molecular weight excluding hydrogens is 188 g/mol. The fourth-order valence-corrected chi connectivity index (χ4v) is 2.25. The van der Waals surface area contributed by atoms with Crippen molar-refractivity contribution in [1.82, 2.24) is 0 Å². The van der Waals surface area contributed by atoms with Gasteiger partial charge in [-0.05, 0) is 31.6 Å². The standard InChI is InChI=1S/C13H24O2/c1-3-5-9-13(4-2,12(14)15)10-8-11-6-7-11/h11H,3-10H2,1-2H3,(H,14,15). The topological polar surface area (TPSA) is 37.3 Å². The molecule has 2 nitrogen and oxygen atoms in total. The summed E-state index contributed by atoms with van der Waals surface area (Å²) in [5, 5.41) is 9.38. The lowest BCUT2D eigenvalue weighted by molar-refractivity contribution is -0.150. The lowest BCUT2D eigenvalue weighted by atomic mass is 9.76. The molecule has 0 amide bonds. The molecule has 1 saturated carbocycles. The lowest BCUT2D eigenvalue weighted by Gasteiger charge is -2.28. The quantitative estimate of drug-likeness (QED) is 0.663. The number of hydrogen-bond donors (Lipinski definition) is 1. The number of carboxylic acid groups (broad SMARTS) is 1. The molecule has 1 unspecified atom stereocenters. The molecule has 1 aliphatic rings. The Morgan fingerprint density at radius 1 is 1.33 bits per heavy atom. The Hall–Kier alpha value is -0.530. The van der Waals surface area contributed by atoms with E-state index in [0.717, 1.165) is 44.4 Å². The maximum Gasteiger partial charge on any atom is 0.309 e. The summed E-state index contributed by atoms with van der Waals surface area (Å²) in [6, 6.07) is 0.